The summed E-state index contributed by atoms with van der Waals surface area (Å²) in [5, 5.41) is 18.1. The van der Waals surface area contributed by atoms with Crippen molar-refractivity contribution in [2.24, 2.45) is 0 Å². The largest absolute Gasteiger partial charge is 0.503 e. The maximum atomic E-state index is 11.2. The number of hydrogen-bond acceptors (Lipinski definition) is 4. The van der Waals surface area contributed by atoms with Gasteiger partial charge in [0, 0.05) is 24.8 Å². The molecule has 0 aliphatic heterocycles. The number of aliphatic hydroxyl groups excluding tert-OH is 1. The second kappa shape index (κ2) is 4.95. The Balaban J connectivity index is 3.10. The lowest BCUT2D eigenvalue weighted by molar-refractivity contribution is 0.269. The average Bonchev–Trinajstić information content (AvgIpc) is 2.13. The highest BCUT2D eigenvalue weighted by atomic mass is 16.3. The molecule has 0 unspecified atom stereocenters. The van der Waals surface area contributed by atoms with Crippen molar-refractivity contribution in [2.45, 2.75) is 13.1 Å². The van der Waals surface area contributed by atoms with Crippen LogP contribution < -0.4 is 5.43 Å². The van der Waals surface area contributed by atoms with Crippen LogP contribution in [0.1, 0.15) is 5.69 Å². The second-order valence-electron chi connectivity index (χ2n) is 3.67. The van der Waals surface area contributed by atoms with Gasteiger partial charge in [0.2, 0.25) is 5.43 Å². The van der Waals surface area contributed by atoms with Crippen LogP contribution in [0.4, 0.5) is 0 Å². The third-order valence-electron chi connectivity index (χ3n) is 2.02. The van der Waals surface area contributed by atoms with Crippen LogP contribution >= 0.6 is 0 Å². The number of aromatic nitrogens is 1. The van der Waals surface area contributed by atoms with E-state index in [0.29, 0.717) is 13.1 Å². The number of hydrogen-bond donors (Lipinski definition) is 2. The van der Waals surface area contributed by atoms with E-state index >= 15 is 0 Å². The third kappa shape index (κ3) is 3.07. The van der Waals surface area contributed by atoms with Crippen molar-refractivity contribution >= 4 is 0 Å². The number of aliphatic hydroxyl groups is 1. The van der Waals surface area contributed by atoms with Crippen LogP contribution in [0.3, 0.4) is 0 Å². The van der Waals surface area contributed by atoms with Crippen molar-refractivity contribution < 1.29 is 10.2 Å². The lowest BCUT2D eigenvalue weighted by Crippen LogP contribution is -2.20. The van der Waals surface area contributed by atoms with Gasteiger partial charge in [-0.25, -0.2) is 0 Å². The minimum atomic E-state index is -0.388. The Morgan fingerprint density at radius 1 is 1.47 bits per heavy atom. The van der Waals surface area contributed by atoms with Gasteiger partial charge in [-0.3, -0.25) is 4.79 Å². The Bertz CT molecular complexity index is 385. The van der Waals surface area contributed by atoms with Crippen LogP contribution in [0.15, 0.2) is 17.1 Å². The summed E-state index contributed by atoms with van der Waals surface area (Å²) < 4.78 is 1.68. The van der Waals surface area contributed by atoms with E-state index in [1.807, 2.05) is 19.0 Å². The number of nitrogens with zero attached hydrogens (tertiary/aromatic N) is 2. The molecule has 0 saturated heterocycles. The van der Waals surface area contributed by atoms with Gasteiger partial charge in [0.1, 0.15) is 0 Å². The number of pyridine rings is 1. The molecule has 0 saturated carbocycles. The van der Waals surface area contributed by atoms with Crippen LogP contribution in [-0.2, 0) is 13.1 Å². The zero-order chi connectivity index (χ0) is 11.4. The first-order chi connectivity index (χ1) is 7.04. The van der Waals surface area contributed by atoms with Crippen molar-refractivity contribution in [1.29, 1.82) is 0 Å². The van der Waals surface area contributed by atoms with Gasteiger partial charge in [-0.2, -0.15) is 0 Å². The molecule has 1 heterocycles. The van der Waals surface area contributed by atoms with E-state index < -0.39 is 0 Å². The third-order valence-corrected chi connectivity index (χ3v) is 2.02. The molecule has 15 heavy (non-hydrogen) atoms. The minimum Gasteiger partial charge on any atom is -0.503 e. The molecule has 2 N–H and O–H groups in total. The van der Waals surface area contributed by atoms with Gasteiger partial charge in [-0.05, 0) is 14.1 Å². The maximum Gasteiger partial charge on any atom is 0.223 e. The van der Waals surface area contributed by atoms with Crippen molar-refractivity contribution in [3.63, 3.8) is 0 Å². The molecule has 1 aromatic heterocycles. The van der Waals surface area contributed by atoms with E-state index in [4.69, 9.17) is 5.11 Å². The molecule has 0 radical (unpaired) electrons. The SMILES string of the molecule is CN(C)Cc1cc(=O)c(O)cn1CCO. The topological polar surface area (TPSA) is 65.7 Å². The van der Waals surface area contributed by atoms with Crippen LogP contribution in [-0.4, -0.2) is 40.4 Å². The van der Waals surface area contributed by atoms with Gasteiger partial charge in [-0.15, -0.1) is 0 Å². The van der Waals surface area contributed by atoms with E-state index in [1.165, 1.54) is 12.3 Å². The summed E-state index contributed by atoms with van der Waals surface area (Å²) in [4.78, 5) is 13.1. The van der Waals surface area contributed by atoms with Crippen LogP contribution in [0.25, 0.3) is 0 Å². The predicted molar refractivity (Wildman–Crippen MR) is 56.8 cm³/mol. The summed E-state index contributed by atoms with van der Waals surface area (Å²) in [5.41, 5.74) is 0.387. The van der Waals surface area contributed by atoms with E-state index in [1.54, 1.807) is 4.57 Å². The molecule has 1 rings (SSSR count). The van der Waals surface area contributed by atoms with Crippen molar-refractivity contribution in [3.8, 4) is 5.75 Å². The summed E-state index contributed by atoms with van der Waals surface area (Å²) in [7, 11) is 3.78. The molecule has 5 nitrogen and oxygen atoms in total. The first-order valence-corrected chi connectivity index (χ1v) is 4.72. The normalized spacial score (nSPS) is 10.9. The summed E-state index contributed by atoms with van der Waals surface area (Å²) in [6, 6.07) is 1.39. The zero-order valence-corrected chi connectivity index (χ0v) is 8.97. The lowest BCUT2D eigenvalue weighted by Gasteiger charge is -2.16. The summed E-state index contributed by atoms with van der Waals surface area (Å²) in [5.74, 6) is -0.286. The van der Waals surface area contributed by atoms with Gasteiger partial charge in [-0.1, -0.05) is 0 Å². The first-order valence-electron chi connectivity index (χ1n) is 4.72. The van der Waals surface area contributed by atoms with E-state index in [0.717, 1.165) is 5.69 Å². The van der Waals surface area contributed by atoms with Gasteiger partial charge < -0.3 is 19.7 Å². The van der Waals surface area contributed by atoms with Crippen LogP contribution in [0.2, 0.25) is 0 Å². The molecule has 5 heteroatoms. The molecule has 84 valence electrons. The monoisotopic (exact) mass is 212 g/mol. The summed E-state index contributed by atoms with van der Waals surface area (Å²) in [6.45, 7) is 0.940. The van der Waals surface area contributed by atoms with Crippen molar-refractivity contribution in [1.82, 2.24) is 9.47 Å². The fourth-order valence-corrected chi connectivity index (χ4v) is 1.38. The van der Waals surface area contributed by atoms with Gasteiger partial charge in [0.25, 0.3) is 0 Å². The quantitative estimate of drug-likeness (QED) is 0.713. The van der Waals surface area contributed by atoms with Gasteiger partial charge >= 0.3 is 0 Å². The Kier molecular flexibility index (Phi) is 3.88. The van der Waals surface area contributed by atoms with Gasteiger partial charge in [0.05, 0.1) is 12.8 Å². The second-order valence-corrected chi connectivity index (χ2v) is 3.67. The average molecular weight is 212 g/mol. The lowest BCUT2D eigenvalue weighted by atomic mass is 10.3. The molecule has 0 aliphatic rings. The molecular formula is C10H16N2O3. The predicted octanol–water partition coefficient (Wildman–Crippen LogP) is -0.392. The smallest absolute Gasteiger partial charge is 0.223 e. The highest BCUT2D eigenvalue weighted by Crippen LogP contribution is 2.06. The number of aromatic hydroxyl groups is 1. The highest BCUT2D eigenvalue weighted by Gasteiger charge is 2.06. The van der Waals surface area contributed by atoms with Crippen LogP contribution in [0, 0.1) is 0 Å². The Hall–Kier alpha value is -1.33. The Labute approximate surface area is 88.2 Å². The zero-order valence-electron chi connectivity index (χ0n) is 8.97. The van der Waals surface area contributed by atoms with Gasteiger partial charge in [0.15, 0.2) is 5.75 Å². The van der Waals surface area contributed by atoms with E-state index in [9.17, 15) is 9.90 Å². The number of rotatable bonds is 4. The highest BCUT2D eigenvalue weighted by molar-refractivity contribution is 5.20. The fourth-order valence-electron chi connectivity index (χ4n) is 1.38. The van der Waals surface area contributed by atoms with Crippen molar-refractivity contribution in [3.05, 3.63) is 28.2 Å². The first kappa shape index (κ1) is 11.7. The molecule has 0 aromatic carbocycles. The van der Waals surface area contributed by atoms with E-state index in [2.05, 4.69) is 0 Å². The molecule has 0 aliphatic carbocycles. The molecule has 0 spiro atoms. The Morgan fingerprint density at radius 2 is 2.13 bits per heavy atom. The molecule has 0 bridgehead atoms. The van der Waals surface area contributed by atoms with Crippen LogP contribution in [0.5, 0.6) is 5.75 Å². The molecule has 0 fully saturated rings. The molecule has 0 amide bonds. The minimum absolute atomic E-state index is 0.0251. The van der Waals surface area contributed by atoms with Crippen molar-refractivity contribution in [2.75, 3.05) is 20.7 Å². The molecule has 0 atom stereocenters. The summed E-state index contributed by atoms with van der Waals surface area (Å²) in [6.07, 6.45) is 1.36. The van der Waals surface area contributed by atoms with E-state index in [-0.39, 0.29) is 17.8 Å². The standard InChI is InChI=1S/C10H16N2O3/c1-11(2)6-8-5-9(14)10(15)7-12(8)3-4-13/h5,7,13,15H,3-4,6H2,1-2H3. The summed E-state index contributed by atoms with van der Waals surface area (Å²) >= 11 is 0. The fraction of sp³-hybridized carbons (Fsp3) is 0.500. The Morgan fingerprint density at radius 3 is 2.67 bits per heavy atom. The molecule has 1 aromatic rings. The maximum absolute atomic E-state index is 11.2. The molecular weight excluding hydrogens is 196 g/mol.